The maximum absolute atomic E-state index is 9.18. The van der Waals surface area contributed by atoms with Gasteiger partial charge in [-0.2, -0.15) is 0 Å². The molecule has 1 aromatic heterocycles. The number of nitrogen functional groups attached to an aromatic ring is 1. The van der Waals surface area contributed by atoms with Gasteiger partial charge >= 0.3 is 0 Å². The van der Waals surface area contributed by atoms with Gasteiger partial charge in [-0.15, -0.1) is 0 Å². The van der Waals surface area contributed by atoms with Crippen LogP contribution >= 0.6 is 0 Å². The fraction of sp³-hybridized carbons (Fsp3) is 0.583. The van der Waals surface area contributed by atoms with Crippen molar-refractivity contribution in [2.75, 3.05) is 12.3 Å². The third-order valence-corrected chi connectivity index (χ3v) is 3.54. The van der Waals surface area contributed by atoms with E-state index in [1.54, 1.807) is 0 Å². The Morgan fingerprint density at radius 1 is 1.35 bits per heavy atom. The largest absolute Gasteiger partial charge is 0.394 e. The first-order valence-corrected chi connectivity index (χ1v) is 5.84. The quantitative estimate of drug-likeness (QED) is 0.750. The number of pyridine rings is 1. The Morgan fingerprint density at radius 2 is 2.18 bits per heavy atom. The number of ether oxygens (including phenoxy) is 2. The lowest BCUT2D eigenvalue weighted by molar-refractivity contribution is -0.00956. The van der Waals surface area contributed by atoms with Crippen molar-refractivity contribution in [3.8, 4) is 0 Å². The molecule has 3 rings (SSSR count). The van der Waals surface area contributed by atoms with Gasteiger partial charge in [0.2, 0.25) is 0 Å². The van der Waals surface area contributed by atoms with E-state index >= 15 is 0 Å². The van der Waals surface area contributed by atoms with E-state index in [2.05, 4.69) is 4.98 Å². The van der Waals surface area contributed by atoms with Gasteiger partial charge in [-0.25, -0.2) is 4.98 Å². The van der Waals surface area contributed by atoms with Crippen molar-refractivity contribution >= 4 is 5.82 Å². The highest BCUT2D eigenvalue weighted by Gasteiger charge is 2.31. The molecule has 1 aromatic rings. The summed E-state index contributed by atoms with van der Waals surface area (Å²) in [5.41, 5.74) is 10.1. The minimum atomic E-state index is -0.134. The minimum absolute atomic E-state index is 0.0355. The van der Waals surface area contributed by atoms with Crippen LogP contribution in [-0.2, 0) is 29.1 Å². The molecular formula is C12H16N2O3. The van der Waals surface area contributed by atoms with Crippen molar-refractivity contribution in [1.29, 1.82) is 0 Å². The lowest BCUT2D eigenvalue weighted by Gasteiger charge is -2.26. The van der Waals surface area contributed by atoms with Gasteiger partial charge in [-0.05, 0) is 18.1 Å². The molecule has 5 heteroatoms. The van der Waals surface area contributed by atoms with Crippen molar-refractivity contribution in [3.63, 3.8) is 0 Å². The Kier molecular flexibility index (Phi) is 2.54. The molecule has 0 fully saturated rings. The normalized spacial score (nSPS) is 26.7. The van der Waals surface area contributed by atoms with E-state index in [0.29, 0.717) is 25.5 Å². The number of hydrogen-bond acceptors (Lipinski definition) is 5. The molecular weight excluding hydrogens is 220 g/mol. The van der Waals surface area contributed by atoms with Gasteiger partial charge < -0.3 is 20.3 Å². The minimum Gasteiger partial charge on any atom is -0.394 e. The molecule has 0 saturated carbocycles. The molecule has 0 radical (unpaired) electrons. The lowest BCUT2D eigenvalue weighted by atomic mass is 9.93. The van der Waals surface area contributed by atoms with Gasteiger partial charge in [0.25, 0.3) is 0 Å². The van der Waals surface area contributed by atoms with Crippen LogP contribution in [0.5, 0.6) is 0 Å². The monoisotopic (exact) mass is 236 g/mol. The zero-order chi connectivity index (χ0) is 12.0. The Bertz CT molecular complexity index is 462. The molecule has 2 atom stereocenters. The summed E-state index contributed by atoms with van der Waals surface area (Å²) >= 11 is 0. The first-order valence-electron chi connectivity index (χ1n) is 5.84. The van der Waals surface area contributed by atoms with Gasteiger partial charge in [0.15, 0.2) is 0 Å². The second-order valence-electron chi connectivity index (χ2n) is 4.59. The third-order valence-electron chi connectivity index (χ3n) is 3.54. The first kappa shape index (κ1) is 11.0. The molecule has 0 spiro atoms. The highest BCUT2D eigenvalue weighted by atomic mass is 16.5. The zero-order valence-electron chi connectivity index (χ0n) is 9.77. The summed E-state index contributed by atoms with van der Waals surface area (Å²) in [4.78, 5) is 4.38. The Labute approximate surface area is 99.6 Å². The van der Waals surface area contributed by atoms with E-state index < -0.39 is 0 Å². The Morgan fingerprint density at radius 3 is 2.94 bits per heavy atom. The number of aliphatic hydroxyl groups excluding tert-OH is 1. The molecule has 17 heavy (non-hydrogen) atoms. The molecule has 0 bridgehead atoms. The molecule has 0 aliphatic carbocycles. The number of fused-ring (bicyclic) bond motifs is 3. The van der Waals surface area contributed by atoms with Crippen LogP contribution in [0, 0.1) is 0 Å². The molecule has 3 heterocycles. The molecule has 0 aromatic carbocycles. The maximum atomic E-state index is 9.18. The van der Waals surface area contributed by atoms with Gasteiger partial charge in [0, 0.05) is 12.0 Å². The van der Waals surface area contributed by atoms with Gasteiger partial charge in [0.05, 0.1) is 37.7 Å². The smallest absolute Gasteiger partial charge is 0.129 e. The average molecular weight is 236 g/mol. The maximum Gasteiger partial charge on any atom is 0.129 e. The molecule has 3 N–H and O–H groups in total. The summed E-state index contributed by atoms with van der Waals surface area (Å²) in [5.74, 6) is 0.550. The molecule has 0 saturated heterocycles. The molecule has 92 valence electrons. The van der Waals surface area contributed by atoms with Crippen LogP contribution < -0.4 is 5.73 Å². The Balaban J connectivity index is 2.12. The van der Waals surface area contributed by atoms with Crippen molar-refractivity contribution < 1.29 is 14.6 Å². The zero-order valence-corrected chi connectivity index (χ0v) is 9.77. The van der Waals surface area contributed by atoms with E-state index in [0.717, 1.165) is 22.4 Å². The fourth-order valence-corrected chi connectivity index (χ4v) is 2.64. The summed E-state index contributed by atoms with van der Waals surface area (Å²) in [6, 6.07) is 0. The molecule has 2 aliphatic heterocycles. The summed E-state index contributed by atoms with van der Waals surface area (Å²) in [6.45, 7) is 3.01. The summed E-state index contributed by atoms with van der Waals surface area (Å²) in [6.07, 6.45) is 0.612. The van der Waals surface area contributed by atoms with Crippen LogP contribution in [0.2, 0.25) is 0 Å². The summed E-state index contributed by atoms with van der Waals surface area (Å²) < 4.78 is 11.1. The molecule has 0 amide bonds. The van der Waals surface area contributed by atoms with E-state index in [1.807, 2.05) is 6.92 Å². The third kappa shape index (κ3) is 1.62. The van der Waals surface area contributed by atoms with Crippen LogP contribution in [0.25, 0.3) is 0 Å². The number of rotatable bonds is 1. The standard InChI is InChI=1S/C12H16N2O3/c1-6-11-8-2-7(3-15)17-5-10(8)14-12(13)9(11)4-16-6/h6-7,15H,2-5H2,1H3,(H2,13,14). The SMILES string of the molecule is CC1OCc2c(N)nc3c(c21)CC(CO)OC3. The van der Waals surface area contributed by atoms with Crippen molar-refractivity contribution in [1.82, 2.24) is 4.98 Å². The van der Waals surface area contributed by atoms with E-state index in [9.17, 15) is 5.11 Å². The van der Waals surface area contributed by atoms with Crippen molar-refractivity contribution in [3.05, 3.63) is 22.4 Å². The van der Waals surface area contributed by atoms with Crippen LogP contribution in [0.4, 0.5) is 5.82 Å². The van der Waals surface area contributed by atoms with Crippen LogP contribution in [0.3, 0.4) is 0 Å². The predicted octanol–water partition coefficient (Wildman–Crippen LogP) is 0.689. The van der Waals surface area contributed by atoms with Crippen molar-refractivity contribution in [2.45, 2.75) is 38.8 Å². The molecule has 2 unspecified atom stereocenters. The number of hydrogen-bond donors (Lipinski definition) is 2. The number of aromatic nitrogens is 1. The van der Waals surface area contributed by atoms with E-state index in [-0.39, 0.29) is 18.8 Å². The number of aliphatic hydroxyl groups is 1. The highest BCUT2D eigenvalue weighted by Crippen LogP contribution is 2.39. The highest BCUT2D eigenvalue weighted by molar-refractivity contribution is 5.53. The number of anilines is 1. The first-order chi connectivity index (χ1) is 8.20. The summed E-state index contributed by atoms with van der Waals surface area (Å²) in [5, 5.41) is 9.18. The van der Waals surface area contributed by atoms with Gasteiger partial charge in [0.1, 0.15) is 5.82 Å². The van der Waals surface area contributed by atoms with Crippen LogP contribution in [0.15, 0.2) is 0 Å². The average Bonchev–Trinajstić information content (AvgIpc) is 2.72. The van der Waals surface area contributed by atoms with Gasteiger partial charge in [-0.1, -0.05) is 0 Å². The lowest BCUT2D eigenvalue weighted by Crippen LogP contribution is -2.28. The van der Waals surface area contributed by atoms with Crippen LogP contribution in [-0.4, -0.2) is 22.8 Å². The predicted molar refractivity (Wildman–Crippen MR) is 61.2 cm³/mol. The molecule has 5 nitrogen and oxygen atoms in total. The van der Waals surface area contributed by atoms with E-state index in [4.69, 9.17) is 15.2 Å². The van der Waals surface area contributed by atoms with Crippen LogP contribution in [0.1, 0.15) is 35.4 Å². The number of nitrogens with zero attached hydrogens (tertiary/aromatic N) is 1. The fourth-order valence-electron chi connectivity index (χ4n) is 2.64. The topological polar surface area (TPSA) is 77.6 Å². The van der Waals surface area contributed by atoms with Crippen molar-refractivity contribution in [2.24, 2.45) is 0 Å². The number of nitrogens with two attached hydrogens (primary N) is 1. The van der Waals surface area contributed by atoms with Gasteiger partial charge in [-0.3, -0.25) is 0 Å². The Hall–Kier alpha value is -1.17. The second-order valence-corrected chi connectivity index (χ2v) is 4.59. The summed E-state index contributed by atoms with van der Waals surface area (Å²) in [7, 11) is 0. The molecule has 2 aliphatic rings. The van der Waals surface area contributed by atoms with E-state index in [1.165, 1.54) is 0 Å². The second kappa shape index (κ2) is 3.94.